The van der Waals surface area contributed by atoms with Crippen molar-refractivity contribution in [3.63, 3.8) is 0 Å². The molecule has 1 aromatic carbocycles. The minimum absolute atomic E-state index is 0. The van der Waals surface area contributed by atoms with Gasteiger partial charge in [0.25, 0.3) is 0 Å². The largest absolute Gasteiger partial charge is 0.493 e. The van der Waals surface area contributed by atoms with Crippen LogP contribution in [0.1, 0.15) is 25.3 Å². The van der Waals surface area contributed by atoms with Crippen LogP contribution >= 0.6 is 24.0 Å². The molecule has 1 aliphatic rings. The van der Waals surface area contributed by atoms with Crippen LogP contribution < -0.4 is 15.4 Å². The summed E-state index contributed by atoms with van der Waals surface area (Å²) in [7, 11) is 1.77. The highest BCUT2D eigenvalue weighted by Crippen LogP contribution is 2.30. The molecule has 5 nitrogen and oxygen atoms in total. The van der Waals surface area contributed by atoms with Crippen LogP contribution in [0.3, 0.4) is 0 Å². The lowest BCUT2D eigenvalue weighted by Gasteiger charge is -2.14. The van der Waals surface area contributed by atoms with E-state index in [-0.39, 0.29) is 24.0 Å². The number of rotatable bonds is 9. The lowest BCUT2D eigenvalue weighted by atomic mass is 10.2. The van der Waals surface area contributed by atoms with Gasteiger partial charge in [0.05, 0.1) is 13.2 Å². The first-order valence-electron chi connectivity index (χ1n) is 8.06. The topological polar surface area (TPSA) is 54.9 Å². The molecule has 1 aromatic rings. The number of aliphatic imine (C=N–C) groups is 1. The molecule has 2 N–H and O–H groups in total. The minimum atomic E-state index is 0. The molecule has 0 unspecified atom stereocenters. The third-order valence-corrected chi connectivity index (χ3v) is 3.56. The van der Waals surface area contributed by atoms with Gasteiger partial charge in [-0.25, -0.2) is 0 Å². The van der Waals surface area contributed by atoms with Crippen molar-refractivity contribution in [2.75, 3.05) is 33.4 Å². The van der Waals surface area contributed by atoms with Gasteiger partial charge in [-0.3, -0.25) is 4.99 Å². The average Bonchev–Trinajstić information content (AvgIpc) is 3.37. The Bertz CT molecular complexity index is 479. The maximum atomic E-state index is 5.92. The Morgan fingerprint density at radius 3 is 2.74 bits per heavy atom. The summed E-state index contributed by atoms with van der Waals surface area (Å²) < 4.78 is 11.2. The molecule has 0 aliphatic heterocycles. The van der Waals surface area contributed by atoms with Gasteiger partial charge in [0.2, 0.25) is 0 Å². The molecule has 2 rings (SSSR count). The number of guanidine groups is 1. The molecule has 6 heteroatoms. The Balaban J connectivity index is 0.00000264. The molecule has 23 heavy (non-hydrogen) atoms. The van der Waals surface area contributed by atoms with Crippen molar-refractivity contribution in [2.24, 2.45) is 10.9 Å². The van der Waals surface area contributed by atoms with Crippen LogP contribution in [0.25, 0.3) is 0 Å². The van der Waals surface area contributed by atoms with Crippen LogP contribution in [-0.2, 0) is 11.3 Å². The maximum Gasteiger partial charge on any atom is 0.191 e. The number of halogens is 1. The zero-order valence-electron chi connectivity index (χ0n) is 14.0. The summed E-state index contributed by atoms with van der Waals surface area (Å²) in [6, 6.07) is 8.17. The van der Waals surface area contributed by atoms with Gasteiger partial charge in [-0.2, -0.15) is 0 Å². The van der Waals surface area contributed by atoms with E-state index in [0.717, 1.165) is 42.9 Å². The van der Waals surface area contributed by atoms with Crippen molar-refractivity contribution < 1.29 is 9.47 Å². The van der Waals surface area contributed by atoms with Gasteiger partial charge >= 0.3 is 0 Å². The number of nitrogens with zero attached hydrogens (tertiary/aromatic N) is 1. The van der Waals surface area contributed by atoms with E-state index < -0.39 is 0 Å². The van der Waals surface area contributed by atoms with Gasteiger partial charge in [-0.1, -0.05) is 18.2 Å². The smallest absolute Gasteiger partial charge is 0.191 e. The van der Waals surface area contributed by atoms with E-state index in [0.29, 0.717) is 13.2 Å². The highest BCUT2D eigenvalue weighted by molar-refractivity contribution is 14.0. The Morgan fingerprint density at radius 2 is 2.04 bits per heavy atom. The quantitative estimate of drug-likeness (QED) is 0.272. The molecule has 130 valence electrons. The molecular weight excluding hydrogens is 405 g/mol. The maximum absolute atomic E-state index is 5.92. The number of nitrogens with one attached hydrogen (secondary N) is 2. The Kier molecular flexibility index (Phi) is 10.0. The fourth-order valence-electron chi connectivity index (χ4n) is 2.07. The van der Waals surface area contributed by atoms with E-state index >= 15 is 0 Å². The van der Waals surface area contributed by atoms with E-state index in [9.17, 15) is 0 Å². The van der Waals surface area contributed by atoms with Crippen molar-refractivity contribution in [3.8, 4) is 5.75 Å². The number of benzene rings is 1. The van der Waals surface area contributed by atoms with Crippen molar-refractivity contribution in [1.82, 2.24) is 10.6 Å². The van der Waals surface area contributed by atoms with Crippen molar-refractivity contribution in [1.29, 1.82) is 0 Å². The first-order valence-corrected chi connectivity index (χ1v) is 8.06. The van der Waals surface area contributed by atoms with Gasteiger partial charge in [-0.05, 0) is 31.7 Å². The van der Waals surface area contributed by atoms with E-state index in [4.69, 9.17) is 9.47 Å². The van der Waals surface area contributed by atoms with Crippen molar-refractivity contribution >= 4 is 29.9 Å². The van der Waals surface area contributed by atoms with Gasteiger partial charge in [0.1, 0.15) is 5.75 Å². The van der Waals surface area contributed by atoms with E-state index in [1.807, 2.05) is 25.1 Å². The molecule has 0 bridgehead atoms. The number of para-hydroxylation sites is 1. The zero-order valence-corrected chi connectivity index (χ0v) is 16.3. The molecule has 0 saturated heterocycles. The van der Waals surface area contributed by atoms with Crippen LogP contribution in [0, 0.1) is 5.92 Å². The average molecular weight is 433 g/mol. The molecule has 1 fully saturated rings. The summed E-state index contributed by atoms with van der Waals surface area (Å²) >= 11 is 0. The first-order chi connectivity index (χ1) is 10.8. The molecule has 0 amide bonds. The van der Waals surface area contributed by atoms with Crippen LogP contribution in [-0.4, -0.2) is 39.4 Å². The zero-order chi connectivity index (χ0) is 15.6. The lowest BCUT2D eigenvalue weighted by Crippen LogP contribution is -2.38. The second-order valence-corrected chi connectivity index (χ2v) is 5.41. The van der Waals surface area contributed by atoms with Crippen molar-refractivity contribution in [2.45, 2.75) is 26.3 Å². The molecule has 0 atom stereocenters. The van der Waals surface area contributed by atoms with Crippen LogP contribution in [0.5, 0.6) is 5.75 Å². The standard InChI is InChI=1S/C17H27N3O2.HI/c1-3-21-11-10-19-17(18-2)20-12-15-6-4-5-7-16(15)22-13-14-8-9-14;/h4-7,14H,3,8-13H2,1-2H3,(H2,18,19,20);1H. The predicted molar refractivity (Wildman–Crippen MR) is 105 cm³/mol. The monoisotopic (exact) mass is 433 g/mol. The molecule has 0 radical (unpaired) electrons. The van der Waals surface area contributed by atoms with E-state index in [1.54, 1.807) is 7.05 Å². The van der Waals surface area contributed by atoms with Crippen LogP contribution in [0.2, 0.25) is 0 Å². The Labute approximate surface area is 156 Å². The second-order valence-electron chi connectivity index (χ2n) is 5.41. The van der Waals surface area contributed by atoms with Crippen LogP contribution in [0.4, 0.5) is 0 Å². The van der Waals surface area contributed by atoms with Gasteiger partial charge in [0.15, 0.2) is 5.96 Å². The van der Waals surface area contributed by atoms with E-state index in [2.05, 4.69) is 21.7 Å². The lowest BCUT2D eigenvalue weighted by molar-refractivity contribution is 0.152. The van der Waals surface area contributed by atoms with Gasteiger partial charge in [0, 0.05) is 32.3 Å². The van der Waals surface area contributed by atoms with Gasteiger partial charge < -0.3 is 20.1 Å². The highest BCUT2D eigenvalue weighted by Gasteiger charge is 2.22. The normalized spacial score (nSPS) is 14.1. The predicted octanol–water partition coefficient (Wildman–Crippen LogP) is 2.79. The third-order valence-electron chi connectivity index (χ3n) is 3.56. The Hall–Kier alpha value is -1.02. The summed E-state index contributed by atoms with van der Waals surface area (Å²) in [4.78, 5) is 4.21. The molecular formula is C17H28IN3O2. The summed E-state index contributed by atoms with van der Waals surface area (Å²) in [5.41, 5.74) is 1.15. The number of hydrogen-bond acceptors (Lipinski definition) is 3. The molecule has 0 aromatic heterocycles. The van der Waals surface area contributed by atoms with Crippen molar-refractivity contribution in [3.05, 3.63) is 29.8 Å². The van der Waals surface area contributed by atoms with Gasteiger partial charge in [-0.15, -0.1) is 24.0 Å². The van der Waals surface area contributed by atoms with E-state index in [1.165, 1.54) is 12.8 Å². The SMILES string of the molecule is CCOCCNC(=NC)NCc1ccccc1OCC1CC1.I. The summed E-state index contributed by atoms with van der Waals surface area (Å²) in [6.45, 7) is 5.67. The molecule has 0 heterocycles. The number of ether oxygens (including phenoxy) is 2. The van der Waals surface area contributed by atoms with Crippen LogP contribution in [0.15, 0.2) is 29.3 Å². The summed E-state index contributed by atoms with van der Waals surface area (Å²) in [5.74, 6) is 2.50. The second kappa shape index (κ2) is 11.5. The molecule has 1 saturated carbocycles. The summed E-state index contributed by atoms with van der Waals surface area (Å²) in [5, 5.41) is 6.54. The molecule has 0 spiro atoms. The highest BCUT2D eigenvalue weighted by atomic mass is 127. The fourth-order valence-corrected chi connectivity index (χ4v) is 2.07. The fraction of sp³-hybridized carbons (Fsp3) is 0.588. The minimum Gasteiger partial charge on any atom is -0.493 e. The third kappa shape index (κ3) is 7.87. The Morgan fingerprint density at radius 1 is 1.26 bits per heavy atom. The molecule has 1 aliphatic carbocycles. The number of hydrogen-bond donors (Lipinski definition) is 2. The summed E-state index contributed by atoms with van der Waals surface area (Å²) in [6.07, 6.45) is 2.60. The first kappa shape index (κ1) is 20.0.